The fourth-order valence-corrected chi connectivity index (χ4v) is 3.09. The van der Waals surface area contributed by atoms with Crippen LogP contribution in [0.15, 0.2) is 42.9 Å². The maximum atomic E-state index is 11.9. The molecule has 0 bridgehead atoms. The van der Waals surface area contributed by atoms with Gasteiger partial charge in [0.1, 0.15) is 5.82 Å². The zero-order chi connectivity index (χ0) is 20.8. The van der Waals surface area contributed by atoms with Crippen molar-refractivity contribution in [2.45, 2.75) is 20.4 Å². The van der Waals surface area contributed by atoms with Crippen LogP contribution in [-0.2, 0) is 11.3 Å². The summed E-state index contributed by atoms with van der Waals surface area (Å²) < 4.78 is 4.65. The van der Waals surface area contributed by atoms with Gasteiger partial charge >= 0.3 is 12.1 Å². The maximum Gasteiger partial charge on any atom is 0.407 e. The molecule has 0 spiro atoms. The van der Waals surface area contributed by atoms with Crippen molar-refractivity contribution in [2.75, 3.05) is 19.0 Å². The van der Waals surface area contributed by atoms with Crippen LogP contribution in [0.4, 0.5) is 15.4 Å². The predicted octanol–water partition coefficient (Wildman–Crippen LogP) is 3.60. The number of aromatic nitrogens is 2. The molecule has 0 atom stereocenters. The Labute approximate surface area is 168 Å². The summed E-state index contributed by atoms with van der Waals surface area (Å²) in [5.41, 5.74) is 3.94. The number of nitrogens with one attached hydrogen (secondary N) is 3. The van der Waals surface area contributed by atoms with Crippen molar-refractivity contribution >= 4 is 28.7 Å². The number of anilines is 1. The number of rotatable bonds is 5. The standard InChI is InChI=1S/C21H23N5O3/c1-4-23-20(27)26-19-9-17-16(15-7-8-22-10-13(15)2)6-5-14(18(17)12-24-19)11-25-21(28)29-3/h5-10,12H,4,11H2,1-3H3,(H,25,28)(H2,23,24,26,27). The summed E-state index contributed by atoms with van der Waals surface area (Å²) in [6.07, 6.45) is 4.75. The number of carbonyl (C=O) groups excluding carboxylic acids is 2. The molecular formula is C21H23N5O3. The number of hydrogen-bond donors (Lipinski definition) is 3. The third-order valence-electron chi connectivity index (χ3n) is 4.49. The molecule has 0 saturated carbocycles. The van der Waals surface area contributed by atoms with E-state index < -0.39 is 6.09 Å². The smallest absolute Gasteiger partial charge is 0.407 e. The number of fused-ring (bicyclic) bond motifs is 1. The Hall–Kier alpha value is -3.68. The fourth-order valence-electron chi connectivity index (χ4n) is 3.09. The molecule has 3 aromatic rings. The zero-order valence-electron chi connectivity index (χ0n) is 16.6. The minimum Gasteiger partial charge on any atom is -0.453 e. The number of pyridine rings is 2. The second kappa shape index (κ2) is 9.01. The van der Waals surface area contributed by atoms with Gasteiger partial charge in [-0.1, -0.05) is 12.1 Å². The second-order valence-electron chi connectivity index (χ2n) is 6.41. The zero-order valence-corrected chi connectivity index (χ0v) is 16.6. The summed E-state index contributed by atoms with van der Waals surface area (Å²) >= 11 is 0. The lowest BCUT2D eigenvalue weighted by molar-refractivity contribution is 0.170. The first-order valence-electron chi connectivity index (χ1n) is 9.22. The number of ether oxygens (including phenoxy) is 1. The topological polar surface area (TPSA) is 105 Å². The lowest BCUT2D eigenvalue weighted by Gasteiger charge is -2.15. The predicted molar refractivity (Wildman–Crippen MR) is 112 cm³/mol. The summed E-state index contributed by atoms with van der Waals surface area (Å²) in [5.74, 6) is 0.439. The van der Waals surface area contributed by atoms with E-state index in [1.807, 2.05) is 44.3 Å². The highest BCUT2D eigenvalue weighted by Crippen LogP contribution is 2.33. The first-order chi connectivity index (χ1) is 14.0. The molecule has 29 heavy (non-hydrogen) atoms. The summed E-state index contributed by atoms with van der Waals surface area (Å²) in [7, 11) is 1.32. The molecule has 0 aliphatic carbocycles. The quantitative estimate of drug-likeness (QED) is 0.614. The second-order valence-corrected chi connectivity index (χ2v) is 6.41. The Morgan fingerprint density at radius 1 is 1.07 bits per heavy atom. The molecule has 0 aliphatic rings. The van der Waals surface area contributed by atoms with E-state index in [1.54, 1.807) is 12.4 Å². The molecule has 8 nitrogen and oxygen atoms in total. The molecule has 3 N–H and O–H groups in total. The molecule has 3 amide bonds. The highest BCUT2D eigenvalue weighted by Gasteiger charge is 2.13. The van der Waals surface area contributed by atoms with Gasteiger partial charge in [-0.25, -0.2) is 14.6 Å². The van der Waals surface area contributed by atoms with Gasteiger partial charge in [-0.2, -0.15) is 0 Å². The molecule has 1 aromatic carbocycles. The average molecular weight is 393 g/mol. The highest BCUT2D eigenvalue weighted by atomic mass is 16.5. The van der Waals surface area contributed by atoms with Gasteiger partial charge in [0.05, 0.1) is 7.11 Å². The molecule has 0 fully saturated rings. The lowest BCUT2D eigenvalue weighted by atomic mass is 9.94. The Balaban J connectivity index is 2.10. The van der Waals surface area contributed by atoms with Crippen molar-refractivity contribution in [3.05, 3.63) is 54.0 Å². The van der Waals surface area contributed by atoms with Crippen molar-refractivity contribution in [3.8, 4) is 11.1 Å². The molecule has 3 rings (SSSR count). The molecule has 0 radical (unpaired) electrons. The van der Waals surface area contributed by atoms with Crippen LogP contribution in [0, 0.1) is 6.92 Å². The van der Waals surface area contributed by atoms with Gasteiger partial charge in [0.2, 0.25) is 0 Å². The third-order valence-corrected chi connectivity index (χ3v) is 4.49. The molecule has 0 aliphatic heterocycles. The van der Waals surface area contributed by atoms with Gasteiger partial charge < -0.3 is 15.4 Å². The number of alkyl carbamates (subject to hydrolysis) is 1. The highest BCUT2D eigenvalue weighted by molar-refractivity contribution is 6.01. The molecule has 2 aromatic heterocycles. The Morgan fingerprint density at radius 2 is 1.90 bits per heavy atom. The van der Waals surface area contributed by atoms with Crippen LogP contribution in [-0.4, -0.2) is 35.7 Å². The fraction of sp³-hybridized carbons (Fsp3) is 0.238. The normalized spacial score (nSPS) is 10.4. The number of methoxy groups -OCH3 is 1. The minimum absolute atomic E-state index is 0.295. The van der Waals surface area contributed by atoms with E-state index in [9.17, 15) is 9.59 Å². The number of aryl methyl sites for hydroxylation is 1. The first-order valence-corrected chi connectivity index (χ1v) is 9.22. The third kappa shape index (κ3) is 4.60. The monoisotopic (exact) mass is 393 g/mol. The van der Waals surface area contributed by atoms with E-state index in [0.717, 1.165) is 33.0 Å². The number of urea groups is 1. The molecule has 2 heterocycles. The van der Waals surface area contributed by atoms with E-state index in [4.69, 9.17) is 0 Å². The Morgan fingerprint density at radius 3 is 2.62 bits per heavy atom. The number of benzene rings is 1. The van der Waals surface area contributed by atoms with Crippen LogP contribution in [0.1, 0.15) is 18.1 Å². The number of hydrogen-bond acceptors (Lipinski definition) is 5. The molecule has 150 valence electrons. The van der Waals surface area contributed by atoms with Gasteiger partial charge in [-0.3, -0.25) is 10.3 Å². The van der Waals surface area contributed by atoms with Crippen LogP contribution in [0.5, 0.6) is 0 Å². The summed E-state index contributed by atoms with van der Waals surface area (Å²) in [4.78, 5) is 31.9. The SMILES string of the molecule is CCNC(=O)Nc1cc2c(-c3ccncc3C)ccc(CNC(=O)OC)c2cn1. The largest absolute Gasteiger partial charge is 0.453 e. The molecule has 0 unspecified atom stereocenters. The van der Waals surface area contributed by atoms with E-state index >= 15 is 0 Å². The van der Waals surface area contributed by atoms with Crippen molar-refractivity contribution in [3.63, 3.8) is 0 Å². The van der Waals surface area contributed by atoms with Crippen molar-refractivity contribution in [2.24, 2.45) is 0 Å². The van der Waals surface area contributed by atoms with Gasteiger partial charge in [-0.15, -0.1) is 0 Å². The van der Waals surface area contributed by atoms with Gasteiger partial charge in [0, 0.05) is 37.1 Å². The minimum atomic E-state index is -0.505. The van der Waals surface area contributed by atoms with Crippen molar-refractivity contribution in [1.82, 2.24) is 20.6 Å². The molecular weight excluding hydrogens is 370 g/mol. The van der Waals surface area contributed by atoms with E-state index in [0.29, 0.717) is 18.9 Å². The Kier molecular flexibility index (Phi) is 6.23. The van der Waals surface area contributed by atoms with E-state index in [2.05, 4.69) is 30.7 Å². The van der Waals surface area contributed by atoms with Crippen molar-refractivity contribution < 1.29 is 14.3 Å². The first kappa shape index (κ1) is 20.1. The maximum absolute atomic E-state index is 11.9. The molecule has 0 saturated heterocycles. The van der Waals surface area contributed by atoms with E-state index in [-0.39, 0.29) is 6.03 Å². The summed E-state index contributed by atoms with van der Waals surface area (Å²) in [6, 6.07) is 7.42. The average Bonchev–Trinajstić information content (AvgIpc) is 2.72. The van der Waals surface area contributed by atoms with Crippen LogP contribution in [0.25, 0.3) is 21.9 Å². The summed E-state index contributed by atoms with van der Waals surface area (Å²) in [5, 5.41) is 9.91. The van der Waals surface area contributed by atoms with Crippen molar-refractivity contribution in [1.29, 1.82) is 0 Å². The Bertz CT molecular complexity index is 1050. The summed E-state index contributed by atoms with van der Waals surface area (Å²) in [6.45, 7) is 4.65. The molecule has 8 heteroatoms. The number of amides is 3. The van der Waals surface area contributed by atoms with Gasteiger partial charge in [-0.05, 0) is 53.6 Å². The van der Waals surface area contributed by atoms with Gasteiger partial charge in [0.15, 0.2) is 0 Å². The van der Waals surface area contributed by atoms with Crippen LogP contribution in [0.2, 0.25) is 0 Å². The van der Waals surface area contributed by atoms with E-state index in [1.165, 1.54) is 7.11 Å². The van der Waals surface area contributed by atoms with Gasteiger partial charge in [0.25, 0.3) is 0 Å². The van der Waals surface area contributed by atoms with Crippen LogP contribution < -0.4 is 16.0 Å². The number of carbonyl (C=O) groups is 2. The lowest BCUT2D eigenvalue weighted by Crippen LogP contribution is -2.28. The number of nitrogens with zero attached hydrogens (tertiary/aromatic N) is 2. The van der Waals surface area contributed by atoms with Crippen LogP contribution >= 0.6 is 0 Å². The van der Waals surface area contributed by atoms with Crippen LogP contribution in [0.3, 0.4) is 0 Å².